The molecule has 3 nitrogen and oxygen atoms in total. The Hall–Kier alpha value is -1.39. The number of nitrogens with one attached hydrogen (secondary N) is 1. The minimum Gasteiger partial charge on any atom is -0.439 e. The standard InChI is InChI=1S/C14H15BrN2O/c1-2-16-10-11-5-4-8-17-14(11)18-13-7-3-6-12(15)9-13/h3-9,16H,2,10H2,1H3. The van der Waals surface area contributed by atoms with E-state index in [2.05, 4.69) is 33.2 Å². The van der Waals surface area contributed by atoms with E-state index in [4.69, 9.17) is 4.74 Å². The van der Waals surface area contributed by atoms with Crippen LogP contribution in [-0.2, 0) is 6.54 Å². The summed E-state index contributed by atoms with van der Waals surface area (Å²) in [5.41, 5.74) is 1.05. The molecule has 0 aliphatic carbocycles. The molecule has 0 bridgehead atoms. The lowest BCUT2D eigenvalue weighted by Crippen LogP contribution is -2.12. The molecule has 0 fully saturated rings. The smallest absolute Gasteiger partial charge is 0.223 e. The van der Waals surface area contributed by atoms with E-state index in [1.54, 1.807) is 6.20 Å². The third-order valence-corrected chi connectivity index (χ3v) is 2.92. The van der Waals surface area contributed by atoms with Gasteiger partial charge in [0.15, 0.2) is 0 Å². The fraction of sp³-hybridized carbons (Fsp3) is 0.214. The van der Waals surface area contributed by atoms with Crippen LogP contribution >= 0.6 is 15.9 Å². The SMILES string of the molecule is CCNCc1cccnc1Oc1cccc(Br)c1. The van der Waals surface area contributed by atoms with Crippen LogP contribution in [0.5, 0.6) is 11.6 Å². The number of hydrogen-bond donors (Lipinski definition) is 1. The van der Waals surface area contributed by atoms with Gasteiger partial charge in [-0.2, -0.15) is 0 Å². The second kappa shape index (κ2) is 6.52. The molecule has 0 radical (unpaired) electrons. The summed E-state index contributed by atoms with van der Waals surface area (Å²) < 4.78 is 6.80. The normalized spacial score (nSPS) is 10.3. The van der Waals surface area contributed by atoms with Crippen LogP contribution in [0.15, 0.2) is 47.1 Å². The van der Waals surface area contributed by atoms with Crippen molar-refractivity contribution in [3.63, 3.8) is 0 Å². The lowest BCUT2D eigenvalue weighted by Gasteiger charge is -2.10. The molecule has 0 saturated carbocycles. The van der Waals surface area contributed by atoms with E-state index in [-0.39, 0.29) is 0 Å². The molecule has 0 spiro atoms. The van der Waals surface area contributed by atoms with Gasteiger partial charge in [-0.25, -0.2) is 4.98 Å². The first-order chi connectivity index (χ1) is 8.79. The number of halogens is 1. The Morgan fingerprint density at radius 2 is 2.17 bits per heavy atom. The third kappa shape index (κ3) is 3.55. The van der Waals surface area contributed by atoms with Gasteiger partial charge in [-0.3, -0.25) is 0 Å². The van der Waals surface area contributed by atoms with Gasteiger partial charge >= 0.3 is 0 Å². The van der Waals surface area contributed by atoms with E-state index in [0.29, 0.717) is 5.88 Å². The van der Waals surface area contributed by atoms with E-state index in [0.717, 1.165) is 28.9 Å². The first kappa shape index (κ1) is 13.1. The van der Waals surface area contributed by atoms with Gasteiger partial charge in [-0.15, -0.1) is 0 Å². The first-order valence-corrected chi connectivity index (χ1v) is 6.67. The minimum atomic E-state index is 0.650. The summed E-state index contributed by atoms with van der Waals surface area (Å²) in [6.45, 7) is 3.75. The summed E-state index contributed by atoms with van der Waals surface area (Å²) in [5.74, 6) is 1.43. The number of hydrogen-bond acceptors (Lipinski definition) is 3. The highest BCUT2D eigenvalue weighted by molar-refractivity contribution is 9.10. The molecule has 4 heteroatoms. The van der Waals surface area contributed by atoms with Crippen molar-refractivity contribution < 1.29 is 4.74 Å². The van der Waals surface area contributed by atoms with Crippen molar-refractivity contribution in [2.45, 2.75) is 13.5 Å². The van der Waals surface area contributed by atoms with Crippen molar-refractivity contribution in [2.75, 3.05) is 6.54 Å². The zero-order valence-corrected chi connectivity index (χ0v) is 11.8. The number of nitrogens with zero attached hydrogens (tertiary/aromatic N) is 1. The Balaban J connectivity index is 2.17. The van der Waals surface area contributed by atoms with Gasteiger partial charge in [0.2, 0.25) is 5.88 Å². The Morgan fingerprint density at radius 3 is 2.94 bits per heavy atom. The molecule has 0 amide bonds. The number of benzene rings is 1. The van der Waals surface area contributed by atoms with Crippen LogP contribution in [0.1, 0.15) is 12.5 Å². The molecule has 0 atom stereocenters. The van der Waals surface area contributed by atoms with Crippen molar-refractivity contribution in [3.05, 3.63) is 52.6 Å². The van der Waals surface area contributed by atoms with Crippen molar-refractivity contribution in [2.24, 2.45) is 0 Å². The van der Waals surface area contributed by atoms with Crippen LogP contribution in [0.2, 0.25) is 0 Å². The largest absolute Gasteiger partial charge is 0.439 e. The highest BCUT2D eigenvalue weighted by Crippen LogP contribution is 2.25. The van der Waals surface area contributed by atoms with Crippen LogP contribution in [-0.4, -0.2) is 11.5 Å². The fourth-order valence-corrected chi connectivity index (χ4v) is 1.93. The lowest BCUT2D eigenvalue weighted by molar-refractivity contribution is 0.453. The molecule has 1 aromatic heterocycles. The Bertz CT molecular complexity index is 517. The summed E-state index contributed by atoms with van der Waals surface area (Å²) >= 11 is 3.42. The molecule has 2 aromatic rings. The molecule has 1 N–H and O–H groups in total. The van der Waals surface area contributed by atoms with Crippen LogP contribution in [0.25, 0.3) is 0 Å². The lowest BCUT2D eigenvalue weighted by atomic mass is 10.2. The maximum atomic E-state index is 5.81. The fourth-order valence-electron chi connectivity index (χ4n) is 1.55. The van der Waals surface area contributed by atoms with Crippen molar-refractivity contribution in [1.29, 1.82) is 0 Å². The minimum absolute atomic E-state index is 0.650. The predicted molar refractivity (Wildman–Crippen MR) is 75.8 cm³/mol. The van der Waals surface area contributed by atoms with Gasteiger partial charge in [0, 0.05) is 22.8 Å². The zero-order valence-electron chi connectivity index (χ0n) is 10.2. The monoisotopic (exact) mass is 306 g/mol. The number of aromatic nitrogens is 1. The van der Waals surface area contributed by atoms with Gasteiger partial charge in [-0.1, -0.05) is 35.0 Å². The van der Waals surface area contributed by atoms with E-state index in [1.165, 1.54) is 0 Å². The summed E-state index contributed by atoms with van der Waals surface area (Å²) in [5, 5.41) is 3.27. The van der Waals surface area contributed by atoms with Crippen LogP contribution in [0.3, 0.4) is 0 Å². The highest BCUT2D eigenvalue weighted by Gasteiger charge is 2.05. The van der Waals surface area contributed by atoms with E-state index in [1.807, 2.05) is 36.4 Å². The average Bonchev–Trinajstić information content (AvgIpc) is 2.38. The number of rotatable bonds is 5. The first-order valence-electron chi connectivity index (χ1n) is 5.87. The van der Waals surface area contributed by atoms with Crippen LogP contribution < -0.4 is 10.1 Å². The number of ether oxygens (including phenoxy) is 1. The van der Waals surface area contributed by atoms with Crippen molar-refractivity contribution in [1.82, 2.24) is 10.3 Å². The van der Waals surface area contributed by atoms with E-state index >= 15 is 0 Å². The molecule has 1 heterocycles. The maximum Gasteiger partial charge on any atom is 0.223 e. The second-order valence-electron chi connectivity index (χ2n) is 3.81. The quantitative estimate of drug-likeness (QED) is 0.913. The van der Waals surface area contributed by atoms with Gasteiger partial charge in [-0.05, 0) is 30.8 Å². The van der Waals surface area contributed by atoms with Gasteiger partial charge in [0.25, 0.3) is 0 Å². The molecule has 0 aliphatic heterocycles. The number of pyridine rings is 1. The summed E-state index contributed by atoms with van der Waals surface area (Å²) in [6.07, 6.45) is 1.74. The van der Waals surface area contributed by atoms with Gasteiger partial charge in [0.05, 0.1) is 0 Å². The molecular weight excluding hydrogens is 292 g/mol. The summed E-state index contributed by atoms with van der Waals surface area (Å²) in [4.78, 5) is 4.28. The molecule has 0 saturated heterocycles. The molecule has 1 aromatic carbocycles. The molecule has 94 valence electrons. The molecule has 2 rings (SSSR count). The predicted octanol–water partition coefficient (Wildman–Crippen LogP) is 3.75. The Labute approximate surface area is 115 Å². The Morgan fingerprint density at radius 1 is 1.28 bits per heavy atom. The van der Waals surface area contributed by atoms with Crippen molar-refractivity contribution in [3.8, 4) is 11.6 Å². The van der Waals surface area contributed by atoms with E-state index in [9.17, 15) is 0 Å². The van der Waals surface area contributed by atoms with Crippen LogP contribution in [0.4, 0.5) is 0 Å². The van der Waals surface area contributed by atoms with Crippen LogP contribution in [0, 0.1) is 0 Å². The maximum absolute atomic E-state index is 5.81. The summed E-state index contributed by atoms with van der Waals surface area (Å²) in [6, 6.07) is 11.7. The highest BCUT2D eigenvalue weighted by atomic mass is 79.9. The average molecular weight is 307 g/mol. The molecule has 0 aliphatic rings. The molecule has 18 heavy (non-hydrogen) atoms. The van der Waals surface area contributed by atoms with Crippen molar-refractivity contribution >= 4 is 15.9 Å². The second-order valence-corrected chi connectivity index (χ2v) is 4.72. The molecular formula is C14H15BrN2O. The van der Waals surface area contributed by atoms with Gasteiger partial charge < -0.3 is 10.1 Å². The zero-order chi connectivity index (χ0) is 12.8. The van der Waals surface area contributed by atoms with Gasteiger partial charge in [0.1, 0.15) is 5.75 Å². The van der Waals surface area contributed by atoms with E-state index < -0.39 is 0 Å². The molecule has 0 unspecified atom stereocenters. The Kier molecular flexibility index (Phi) is 4.73. The summed E-state index contributed by atoms with van der Waals surface area (Å²) in [7, 11) is 0. The topological polar surface area (TPSA) is 34.2 Å². The third-order valence-electron chi connectivity index (χ3n) is 2.43.